The average Bonchev–Trinajstić information content (AvgIpc) is 3.04. The number of ether oxygens (including phenoxy) is 3. The number of methoxy groups -OCH3 is 2. The molecule has 12 heteroatoms. The number of amidine groups is 1. The largest absolute Gasteiger partial charge is 0.494 e. The van der Waals surface area contributed by atoms with Gasteiger partial charge in [-0.05, 0) is 73.0 Å². The third-order valence-electron chi connectivity index (χ3n) is 7.29. The van der Waals surface area contributed by atoms with E-state index in [0.717, 1.165) is 55.1 Å². The summed E-state index contributed by atoms with van der Waals surface area (Å²) in [4.78, 5) is 32.6. The summed E-state index contributed by atoms with van der Waals surface area (Å²) in [5, 5.41) is 2.14. The van der Waals surface area contributed by atoms with Crippen molar-refractivity contribution in [3.63, 3.8) is 0 Å². The number of thioether (sulfide) groups is 1. The van der Waals surface area contributed by atoms with Crippen molar-refractivity contribution < 1.29 is 37.0 Å². The van der Waals surface area contributed by atoms with Crippen LogP contribution in [0.3, 0.4) is 0 Å². The summed E-state index contributed by atoms with van der Waals surface area (Å²) in [5.74, 6) is 0.999. The fourth-order valence-electron chi connectivity index (χ4n) is 4.78. The maximum atomic E-state index is 13.5. The zero-order valence-corrected chi connectivity index (χ0v) is 26.9. The monoisotopic (exact) mass is 657 g/mol. The van der Waals surface area contributed by atoms with Gasteiger partial charge in [-0.25, -0.2) is 4.99 Å². The number of hydrogen-bond donors (Lipinski definition) is 1. The number of halogens is 3. The van der Waals surface area contributed by atoms with Crippen molar-refractivity contribution in [2.75, 3.05) is 32.7 Å². The molecule has 1 aliphatic heterocycles. The lowest BCUT2D eigenvalue weighted by Crippen LogP contribution is -2.46. The van der Waals surface area contributed by atoms with Gasteiger partial charge in [0, 0.05) is 18.7 Å². The molecule has 0 radical (unpaired) electrons. The van der Waals surface area contributed by atoms with Gasteiger partial charge in [-0.3, -0.25) is 14.5 Å². The zero-order chi connectivity index (χ0) is 33.1. The van der Waals surface area contributed by atoms with Gasteiger partial charge in [-0.15, -0.1) is 0 Å². The first-order valence-electron chi connectivity index (χ1n) is 15.1. The number of hydrogen-bond acceptors (Lipinski definition) is 7. The van der Waals surface area contributed by atoms with Gasteiger partial charge >= 0.3 is 6.18 Å². The van der Waals surface area contributed by atoms with Crippen molar-refractivity contribution in [3.05, 3.63) is 77.9 Å². The Morgan fingerprint density at radius 1 is 1.00 bits per heavy atom. The Balaban J connectivity index is 1.50. The highest BCUT2D eigenvalue weighted by Crippen LogP contribution is 2.34. The number of alkyl halides is 3. The SMILES string of the molecule is CCCCCCOc1ccc(NC(=O)C2CC(=O)N(CCc3ccc(OC)c(OC)c3)C(=Nc3cccc(C(F)(F)F)c3)S2)cc1. The van der Waals surface area contributed by atoms with E-state index in [-0.39, 0.29) is 29.7 Å². The highest BCUT2D eigenvalue weighted by Gasteiger charge is 2.36. The molecule has 1 N–H and O–H groups in total. The molecule has 0 saturated carbocycles. The molecule has 46 heavy (non-hydrogen) atoms. The van der Waals surface area contributed by atoms with Crippen molar-refractivity contribution in [1.82, 2.24) is 4.90 Å². The Morgan fingerprint density at radius 2 is 1.76 bits per heavy atom. The summed E-state index contributed by atoms with van der Waals surface area (Å²) in [6.07, 6.45) is 0.120. The second-order valence-corrected chi connectivity index (χ2v) is 11.8. The molecular formula is C34H38F3N3O5S. The van der Waals surface area contributed by atoms with Crippen LogP contribution >= 0.6 is 11.8 Å². The lowest BCUT2D eigenvalue weighted by molar-refractivity contribution is -0.137. The number of anilines is 1. The van der Waals surface area contributed by atoms with Gasteiger partial charge in [0.15, 0.2) is 16.7 Å². The van der Waals surface area contributed by atoms with Crippen molar-refractivity contribution in [3.8, 4) is 17.2 Å². The van der Waals surface area contributed by atoms with Gasteiger partial charge < -0.3 is 19.5 Å². The minimum atomic E-state index is -4.56. The molecule has 1 atom stereocenters. The lowest BCUT2D eigenvalue weighted by Gasteiger charge is -2.32. The van der Waals surface area contributed by atoms with E-state index in [9.17, 15) is 22.8 Å². The molecule has 0 bridgehead atoms. The van der Waals surface area contributed by atoms with Crippen LogP contribution in [0.2, 0.25) is 0 Å². The second kappa shape index (κ2) is 16.4. The summed E-state index contributed by atoms with van der Waals surface area (Å²) in [7, 11) is 3.05. The predicted molar refractivity (Wildman–Crippen MR) is 174 cm³/mol. The van der Waals surface area contributed by atoms with Crippen LogP contribution in [0.1, 0.15) is 50.2 Å². The molecule has 0 aliphatic carbocycles. The number of nitrogens with zero attached hydrogens (tertiary/aromatic N) is 2. The number of benzene rings is 3. The highest BCUT2D eigenvalue weighted by molar-refractivity contribution is 8.15. The van der Waals surface area contributed by atoms with Crippen molar-refractivity contribution in [2.24, 2.45) is 4.99 Å². The van der Waals surface area contributed by atoms with Crippen LogP contribution in [0, 0.1) is 0 Å². The predicted octanol–water partition coefficient (Wildman–Crippen LogP) is 7.88. The molecule has 0 spiro atoms. The number of carbonyl (C=O) groups excluding carboxylic acids is 2. The molecule has 1 saturated heterocycles. The summed E-state index contributed by atoms with van der Waals surface area (Å²) < 4.78 is 56.7. The Kier molecular flexibility index (Phi) is 12.4. The maximum Gasteiger partial charge on any atom is 0.416 e. The molecule has 2 amide bonds. The maximum absolute atomic E-state index is 13.5. The fraction of sp³-hybridized carbons (Fsp3) is 0.382. The van der Waals surface area contributed by atoms with E-state index in [1.54, 1.807) is 36.4 Å². The molecule has 8 nitrogen and oxygen atoms in total. The van der Waals surface area contributed by atoms with E-state index >= 15 is 0 Å². The van der Waals surface area contributed by atoms with Crippen molar-refractivity contribution in [1.29, 1.82) is 0 Å². The third-order valence-corrected chi connectivity index (χ3v) is 8.48. The Morgan fingerprint density at radius 3 is 2.46 bits per heavy atom. The number of aliphatic imine (C=N–C) groups is 1. The first kappa shape index (κ1) is 34.7. The lowest BCUT2D eigenvalue weighted by atomic mass is 10.1. The topological polar surface area (TPSA) is 89.5 Å². The molecule has 3 aromatic rings. The minimum Gasteiger partial charge on any atom is -0.494 e. The van der Waals surface area contributed by atoms with Crippen LogP contribution in [0.4, 0.5) is 24.5 Å². The summed E-state index contributed by atoms with van der Waals surface area (Å²) in [6.45, 7) is 2.95. The first-order valence-corrected chi connectivity index (χ1v) is 16.0. The third kappa shape index (κ3) is 9.65. The number of rotatable bonds is 14. The molecule has 1 unspecified atom stereocenters. The summed E-state index contributed by atoms with van der Waals surface area (Å²) in [6, 6.07) is 16.9. The molecule has 0 aromatic heterocycles. The summed E-state index contributed by atoms with van der Waals surface area (Å²) in [5.41, 5.74) is 0.541. The Labute approximate surface area is 271 Å². The van der Waals surface area contributed by atoms with Crippen molar-refractivity contribution in [2.45, 2.75) is 56.9 Å². The molecular weight excluding hydrogens is 619 g/mol. The molecule has 1 fully saturated rings. The fourth-order valence-corrected chi connectivity index (χ4v) is 5.90. The molecule has 1 aliphatic rings. The number of unbranched alkanes of at least 4 members (excludes halogenated alkanes) is 3. The first-order chi connectivity index (χ1) is 22.1. The van der Waals surface area contributed by atoms with Crippen LogP contribution in [0.5, 0.6) is 17.2 Å². The zero-order valence-electron chi connectivity index (χ0n) is 26.1. The number of carbonyl (C=O) groups is 2. The minimum absolute atomic E-state index is 0.0209. The Hall–Kier alpha value is -4.19. The van der Waals surface area contributed by atoms with Crippen molar-refractivity contribution >= 4 is 40.1 Å². The number of nitrogens with one attached hydrogen (secondary N) is 1. The van der Waals surface area contributed by atoms with Crippen LogP contribution in [-0.4, -0.2) is 54.5 Å². The average molecular weight is 658 g/mol. The van der Waals surface area contributed by atoms with Gasteiger partial charge in [0.05, 0.1) is 32.1 Å². The van der Waals surface area contributed by atoms with E-state index in [1.165, 1.54) is 31.3 Å². The van der Waals surface area contributed by atoms with Crippen LogP contribution in [0.15, 0.2) is 71.7 Å². The normalized spacial score (nSPS) is 16.0. The van der Waals surface area contributed by atoms with E-state index in [1.807, 2.05) is 6.07 Å². The molecule has 246 valence electrons. The highest BCUT2D eigenvalue weighted by atomic mass is 32.2. The van der Waals surface area contributed by atoms with Gasteiger partial charge in [0.2, 0.25) is 11.8 Å². The Bertz CT molecular complexity index is 1510. The van der Waals surface area contributed by atoms with Gasteiger partial charge in [0.1, 0.15) is 11.0 Å². The van der Waals surface area contributed by atoms with E-state index < -0.39 is 22.9 Å². The quantitative estimate of drug-likeness (QED) is 0.178. The van der Waals surface area contributed by atoms with Gasteiger partial charge in [-0.2, -0.15) is 13.2 Å². The smallest absolute Gasteiger partial charge is 0.416 e. The van der Waals surface area contributed by atoms with Gasteiger partial charge in [0.25, 0.3) is 0 Å². The summed E-state index contributed by atoms with van der Waals surface area (Å²) >= 11 is 1.04. The standard InChI is InChI=1S/C34H38F3N3O5S/c1-4-5-6-7-19-45-27-14-12-25(13-15-27)38-32(42)30-22-31(41)40(18-17-23-11-16-28(43-2)29(20-23)44-3)33(46-30)39-26-10-8-9-24(21-26)34(35,36)37/h8-16,20-21,30H,4-7,17-19,22H2,1-3H3,(H,38,42). The van der Waals surface area contributed by atoms with E-state index in [4.69, 9.17) is 14.2 Å². The molecule has 4 rings (SSSR count). The van der Waals surface area contributed by atoms with Crippen LogP contribution in [-0.2, 0) is 22.2 Å². The van der Waals surface area contributed by atoms with E-state index in [0.29, 0.717) is 36.0 Å². The second-order valence-electron chi connectivity index (χ2n) is 10.7. The molecule has 3 aromatic carbocycles. The molecule has 1 heterocycles. The number of amides is 2. The van der Waals surface area contributed by atoms with Crippen LogP contribution < -0.4 is 19.5 Å². The van der Waals surface area contributed by atoms with Gasteiger partial charge in [-0.1, -0.05) is 50.1 Å². The van der Waals surface area contributed by atoms with Crippen LogP contribution in [0.25, 0.3) is 0 Å². The van der Waals surface area contributed by atoms with E-state index in [2.05, 4.69) is 17.2 Å².